The summed E-state index contributed by atoms with van der Waals surface area (Å²) in [5.41, 5.74) is 4.22. The number of para-hydroxylation sites is 1. The maximum atomic E-state index is 12.1. The quantitative estimate of drug-likeness (QED) is 0.469. The minimum absolute atomic E-state index is 0.00188. The Bertz CT molecular complexity index is 860. The number of anilines is 1. The van der Waals surface area contributed by atoms with Crippen LogP contribution >= 0.6 is 0 Å². The molecule has 0 radical (unpaired) electrons. The van der Waals surface area contributed by atoms with E-state index in [4.69, 9.17) is 4.74 Å². The molecule has 2 aromatic carbocycles. The first-order chi connectivity index (χ1) is 13.7. The molecular weight excluding hydrogens is 352 g/mol. The molecule has 0 spiro atoms. The van der Waals surface area contributed by atoms with Gasteiger partial charge in [-0.25, -0.2) is 0 Å². The molecule has 0 saturated heterocycles. The summed E-state index contributed by atoms with van der Waals surface area (Å²) in [7, 11) is 0. The highest BCUT2D eigenvalue weighted by molar-refractivity contribution is 5.90. The Morgan fingerprint density at radius 2 is 1.86 bits per heavy atom. The highest BCUT2D eigenvalue weighted by Gasteiger charge is 2.04. The highest BCUT2D eigenvalue weighted by atomic mass is 16.5. The smallest absolute Gasteiger partial charge is 0.224 e. The number of hydrogen-bond donors (Lipinski definition) is 3. The monoisotopic (exact) mass is 378 g/mol. The summed E-state index contributed by atoms with van der Waals surface area (Å²) in [6.07, 6.45) is 2.95. The third-order valence-corrected chi connectivity index (χ3v) is 4.38. The number of carbonyl (C=O) groups is 1. The summed E-state index contributed by atoms with van der Waals surface area (Å²) in [4.78, 5) is 12.1. The van der Waals surface area contributed by atoms with Crippen molar-refractivity contribution in [1.29, 1.82) is 0 Å². The van der Waals surface area contributed by atoms with E-state index in [1.807, 2.05) is 67.7 Å². The fourth-order valence-corrected chi connectivity index (χ4v) is 2.76. The minimum atomic E-state index is -0.00188. The molecule has 0 saturated carbocycles. The number of ether oxygens (including phenoxy) is 1. The van der Waals surface area contributed by atoms with Crippen LogP contribution < -0.4 is 15.4 Å². The first-order valence-electron chi connectivity index (χ1n) is 9.47. The van der Waals surface area contributed by atoms with Gasteiger partial charge in [0.25, 0.3) is 0 Å². The third-order valence-electron chi connectivity index (χ3n) is 4.38. The standard InChI is InChI=1S/C22H26N4O2/c1-17-19(16-24-26-17)15-23-14-18-9-11-20(12-10-18)25-22(27)8-5-13-28-21-6-3-2-4-7-21/h2-4,6-7,9-12,16,23H,5,8,13-15H2,1H3,(H,24,26)(H,25,27). The van der Waals surface area contributed by atoms with Gasteiger partial charge in [-0.3, -0.25) is 9.89 Å². The van der Waals surface area contributed by atoms with Gasteiger partial charge in [0.2, 0.25) is 5.91 Å². The second kappa shape index (κ2) is 10.3. The molecule has 3 N–H and O–H groups in total. The average Bonchev–Trinajstić information content (AvgIpc) is 3.12. The van der Waals surface area contributed by atoms with Crippen molar-refractivity contribution in [3.63, 3.8) is 0 Å². The van der Waals surface area contributed by atoms with Crippen LogP contribution in [0.15, 0.2) is 60.8 Å². The Balaban J connectivity index is 1.34. The lowest BCUT2D eigenvalue weighted by Gasteiger charge is -2.08. The molecule has 0 atom stereocenters. The Morgan fingerprint density at radius 3 is 2.57 bits per heavy atom. The molecule has 0 fully saturated rings. The van der Waals surface area contributed by atoms with Crippen molar-refractivity contribution in [3.05, 3.63) is 77.6 Å². The van der Waals surface area contributed by atoms with Crippen molar-refractivity contribution >= 4 is 11.6 Å². The molecule has 1 amide bonds. The molecule has 28 heavy (non-hydrogen) atoms. The molecule has 3 aromatic rings. The first kappa shape index (κ1) is 19.6. The lowest BCUT2D eigenvalue weighted by molar-refractivity contribution is -0.116. The number of benzene rings is 2. The van der Waals surface area contributed by atoms with E-state index in [1.54, 1.807) is 0 Å². The van der Waals surface area contributed by atoms with Gasteiger partial charge in [-0.1, -0.05) is 30.3 Å². The summed E-state index contributed by atoms with van der Waals surface area (Å²) in [6.45, 7) is 4.06. The second-order valence-electron chi connectivity index (χ2n) is 6.63. The largest absolute Gasteiger partial charge is 0.494 e. The van der Waals surface area contributed by atoms with Crippen LogP contribution in [0, 0.1) is 6.92 Å². The average molecular weight is 378 g/mol. The number of rotatable bonds is 10. The Labute approximate surface area is 165 Å². The number of H-pyrrole nitrogens is 1. The fraction of sp³-hybridized carbons (Fsp3) is 0.273. The van der Waals surface area contributed by atoms with Gasteiger partial charge in [0.05, 0.1) is 12.8 Å². The van der Waals surface area contributed by atoms with Crippen LogP contribution in [0.2, 0.25) is 0 Å². The molecule has 0 aliphatic rings. The van der Waals surface area contributed by atoms with Crippen molar-refractivity contribution < 1.29 is 9.53 Å². The van der Waals surface area contributed by atoms with Gasteiger partial charge in [-0.15, -0.1) is 0 Å². The SMILES string of the molecule is Cc1[nH]ncc1CNCc1ccc(NC(=O)CCCOc2ccccc2)cc1. The zero-order chi connectivity index (χ0) is 19.6. The zero-order valence-electron chi connectivity index (χ0n) is 16.1. The zero-order valence-corrected chi connectivity index (χ0v) is 16.1. The number of nitrogens with zero attached hydrogens (tertiary/aromatic N) is 1. The van der Waals surface area contributed by atoms with Gasteiger partial charge >= 0.3 is 0 Å². The minimum Gasteiger partial charge on any atom is -0.494 e. The van der Waals surface area contributed by atoms with Crippen molar-refractivity contribution in [2.45, 2.75) is 32.9 Å². The lowest BCUT2D eigenvalue weighted by atomic mass is 10.2. The van der Waals surface area contributed by atoms with Crippen LogP contribution in [0.4, 0.5) is 5.69 Å². The topological polar surface area (TPSA) is 79.0 Å². The van der Waals surface area contributed by atoms with E-state index in [0.717, 1.165) is 35.8 Å². The molecular formula is C22H26N4O2. The number of aryl methyl sites for hydroxylation is 1. The van der Waals surface area contributed by atoms with Gasteiger partial charge in [-0.2, -0.15) is 5.10 Å². The van der Waals surface area contributed by atoms with Crippen LogP contribution in [-0.4, -0.2) is 22.7 Å². The summed E-state index contributed by atoms with van der Waals surface area (Å²) in [6, 6.07) is 17.5. The molecule has 6 nitrogen and oxygen atoms in total. The molecule has 3 rings (SSSR count). The Hall–Kier alpha value is -3.12. The van der Waals surface area contributed by atoms with Gasteiger partial charge in [-0.05, 0) is 43.2 Å². The molecule has 1 aromatic heterocycles. The molecule has 1 heterocycles. The number of hydrogen-bond acceptors (Lipinski definition) is 4. The van der Waals surface area contributed by atoms with E-state index in [9.17, 15) is 4.79 Å². The van der Waals surface area contributed by atoms with Gasteiger partial charge < -0.3 is 15.4 Å². The first-order valence-corrected chi connectivity index (χ1v) is 9.47. The molecule has 0 unspecified atom stereocenters. The Kier molecular flexibility index (Phi) is 7.21. The number of aromatic amines is 1. The molecule has 0 aliphatic carbocycles. The van der Waals surface area contributed by atoms with Crippen LogP contribution in [-0.2, 0) is 17.9 Å². The predicted molar refractivity (Wildman–Crippen MR) is 110 cm³/mol. The van der Waals surface area contributed by atoms with E-state index in [0.29, 0.717) is 19.4 Å². The van der Waals surface area contributed by atoms with Gasteiger partial charge in [0.1, 0.15) is 5.75 Å². The van der Waals surface area contributed by atoms with Gasteiger partial charge in [0.15, 0.2) is 0 Å². The van der Waals surface area contributed by atoms with Crippen molar-refractivity contribution in [2.75, 3.05) is 11.9 Å². The van der Waals surface area contributed by atoms with Crippen molar-refractivity contribution in [3.8, 4) is 5.75 Å². The number of nitrogens with one attached hydrogen (secondary N) is 3. The maximum Gasteiger partial charge on any atom is 0.224 e. The summed E-state index contributed by atoms with van der Waals surface area (Å²) in [5, 5.41) is 13.3. The lowest BCUT2D eigenvalue weighted by Crippen LogP contribution is -2.14. The predicted octanol–water partition coefficient (Wildman–Crippen LogP) is 3.81. The molecule has 0 aliphatic heterocycles. The number of amides is 1. The normalized spacial score (nSPS) is 10.6. The van der Waals surface area contributed by atoms with E-state index >= 15 is 0 Å². The Morgan fingerprint density at radius 1 is 1.07 bits per heavy atom. The summed E-state index contributed by atoms with van der Waals surface area (Å²) in [5.74, 6) is 0.827. The van der Waals surface area contributed by atoms with Crippen LogP contribution in [0.25, 0.3) is 0 Å². The summed E-state index contributed by atoms with van der Waals surface area (Å²) < 4.78 is 5.60. The third kappa shape index (κ3) is 6.25. The van der Waals surface area contributed by atoms with Crippen molar-refractivity contribution in [1.82, 2.24) is 15.5 Å². The fourth-order valence-electron chi connectivity index (χ4n) is 2.76. The van der Waals surface area contributed by atoms with Crippen LogP contribution in [0.3, 0.4) is 0 Å². The summed E-state index contributed by atoms with van der Waals surface area (Å²) >= 11 is 0. The van der Waals surface area contributed by atoms with Crippen molar-refractivity contribution in [2.24, 2.45) is 0 Å². The van der Waals surface area contributed by atoms with Crippen LogP contribution in [0.1, 0.15) is 29.7 Å². The highest BCUT2D eigenvalue weighted by Crippen LogP contribution is 2.12. The van der Waals surface area contributed by atoms with E-state index in [2.05, 4.69) is 20.8 Å². The molecule has 146 valence electrons. The second-order valence-corrected chi connectivity index (χ2v) is 6.63. The molecule has 0 bridgehead atoms. The maximum absolute atomic E-state index is 12.1. The van der Waals surface area contributed by atoms with Gasteiger partial charge in [0, 0.05) is 36.5 Å². The molecule has 6 heteroatoms. The number of carbonyl (C=O) groups excluding carboxylic acids is 1. The number of aromatic nitrogens is 2. The van der Waals surface area contributed by atoms with Crippen LogP contribution in [0.5, 0.6) is 5.75 Å². The van der Waals surface area contributed by atoms with E-state index in [1.165, 1.54) is 5.56 Å². The van der Waals surface area contributed by atoms with E-state index < -0.39 is 0 Å². The van der Waals surface area contributed by atoms with E-state index in [-0.39, 0.29) is 5.91 Å².